The van der Waals surface area contributed by atoms with Gasteiger partial charge in [-0.15, -0.1) is 0 Å². The van der Waals surface area contributed by atoms with Crippen LogP contribution in [0, 0.1) is 5.82 Å². The topological polar surface area (TPSA) is 107 Å². The van der Waals surface area contributed by atoms with E-state index in [9.17, 15) is 9.18 Å². The molecule has 1 saturated heterocycles. The maximum atomic E-state index is 14.4. The zero-order valence-corrected chi connectivity index (χ0v) is 18.1. The summed E-state index contributed by atoms with van der Waals surface area (Å²) >= 11 is 6.07. The maximum Gasteiger partial charge on any atom is 0.413 e. The monoisotopic (exact) mass is 431 g/mol. The average molecular weight is 432 g/mol. The van der Waals surface area contributed by atoms with E-state index in [0.29, 0.717) is 0 Å². The first-order chi connectivity index (χ1) is 13.3. The Morgan fingerprint density at radius 1 is 1.45 bits per heavy atom. The van der Waals surface area contributed by atoms with Crippen molar-refractivity contribution in [2.24, 2.45) is 10.9 Å². The quantitative estimate of drug-likeness (QED) is 0.325. The summed E-state index contributed by atoms with van der Waals surface area (Å²) in [4.78, 5) is 14.2. The molecule has 0 aromatic heterocycles. The number of oxime groups is 1. The molecule has 1 aromatic rings. The highest BCUT2D eigenvalue weighted by molar-refractivity contribution is 6.34. The van der Waals surface area contributed by atoms with Gasteiger partial charge in [-0.2, -0.15) is 0 Å². The Labute approximate surface area is 174 Å². The molecule has 8 nitrogen and oxygen atoms in total. The lowest BCUT2D eigenvalue weighted by Gasteiger charge is -2.35. The van der Waals surface area contributed by atoms with Gasteiger partial charge in [-0.25, -0.2) is 9.18 Å². The van der Waals surface area contributed by atoms with Crippen LogP contribution in [0.5, 0.6) is 5.75 Å². The fourth-order valence-corrected chi connectivity index (χ4v) is 3.39. The molecule has 1 amide bonds. The van der Waals surface area contributed by atoms with Crippen molar-refractivity contribution in [2.45, 2.75) is 65.0 Å². The maximum absolute atomic E-state index is 14.4. The van der Waals surface area contributed by atoms with Crippen molar-refractivity contribution < 1.29 is 28.6 Å². The second-order valence-electron chi connectivity index (χ2n) is 8.25. The number of amides is 1. The molecule has 2 atom stereocenters. The molecule has 1 fully saturated rings. The second-order valence-corrected chi connectivity index (χ2v) is 8.65. The molecule has 3 N–H and O–H groups in total. The Morgan fingerprint density at radius 2 is 2.07 bits per heavy atom. The van der Waals surface area contributed by atoms with Crippen LogP contribution in [0.3, 0.4) is 0 Å². The number of carbonyl (C=O) groups is 1. The minimum atomic E-state index is -0.929. The zero-order chi connectivity index (χ0) is 22.1. The molecule has 1 heterocycles. The summed E-state index contributed by atoms with van der Waals surface area (Å²) in [7, 11) is 0. The summed E-state index contributed by atoms with van der Waals surface area (Å²) in [5.41, 5.74) is 3.89. The lowest BCUT2D eigenvalue weighted by molar-refractivity contribution is -0.0760. The SMILES string of the molecule is C[C@@H]1OC(C)(C)N(C(=O)OC(C)(C)C)[C@H]1COc1cc(Cl)c(/C(N)=N/O)cc1F. The fraction of sp³-hybridized carbons (Fsp3) is 0.579. The van der Waals surface area contributed by atoms with Gasteiger partial charge in [-0.3, -0.25) is 4.90 Å². The van der Waals surface area contributed by atoms with Gasteiger partial charge >= 0.3 is 6.09 Å². The van der Waals surface area contributed by atoms with Crippen LogP contribution >= 0.6 is 11.6 Å². The minimum Gasteiger partial charge on any atom is -0.488 e. The van der Waals surface area contributed by atoms with E-state index < -0.39 is 29.3 Å². The van der Waals surface area contributed by atoms with E-state index in [0.717, 1.165) is 6.07 Å². The van der Waals surface area contributed by atoms with Gasteiger partial charge in [0.2, 0.25) is 0 Å². The van der Waals surface area contributed by atoms with Crippen LogP contribution in [0.2, 0.25) is 5.02 Å². The van der Waals surface area contributed by atoms with Gasteiger partial charge in [-0.1, -0.05) is 16.8 Å². The Kier molecular flexibility index (Phi) is 6.54. The molecule has 1 aliphatic heterocycles. The molecule has 29 heavy (non-hydrogen) atoms. The van der Waals surface area contributed by atoms with Crippen molar-refractivity contribution in [3.8, 4) is 5.75 Å². The smallest absolute Gasteiger partial charge is 0.413 e. The third-order valence-corrected chi connectivity index (χ3v) is 4.65. The summed E-state index contributed by atoms with van der Waals surface area (Å²) in [6.07, 6.45) is -0.936. The largest absolute Gasteiger partial charge is 0.488 e. The third kappa shape index (κ3) is 5.22. The molecule has 0 radical (unpaired) electrons. The van der Waals surface area contributed by atoms with Crippen molar-refractivity contribution >= 4 is 23.5 Å². The number of halogens is 2. The van der Waals surface area contributed by atoms with Gasteiger partial charge in [0.25, 0.3) is 0 Å². The third-order valence-electron chi connectivity index (χ3n) is 4.33. The number of hydrogen-bond acceptors (Lipinski definition) is 6. The second kappa shape index (κ2) is 8.23. The number of rotatable bonds is 4. The Bertz CT molecular complexity index is 810. The molecular weight excluding hydrogens is 405 g/mol. The van der Waals surface area contributed by atoms with E-state index in [4.69, 9.17) is 36.8 Å². The standard InChI is InChI=1S/C19H27ClFN3O5/c1-10-14(24(19(5,6)28-10)17(25)29-18(2,3)4)9-27-15-8-12(20)11(7-13(15)21)16(22)23-26/h7-8,10,14,26H,9H2,1-6H3,(H2,22,23)/t10-,14-/m0/s1. The molecule has 1 aliphatic rings. The highest BCUT2D eigenvalue weighted by Gasteiger charge is 2.50. The number of hydrogen-bond donors (Lipinski definition) is 2. The van der Waals surface area contributed by atoms with Crippen LogP contribution in [0.15, 0.2) is 17.3 Å². The Balaban J connectivity index is 2.23. The Morgan fingerprint density at radius 3 is 2.62 bits per heavy atom. The molecule has 10 heteroatoms. The minimum absolute atomic E-state index is 0.0353. The molecule has 0 bridgehead atoms. The predicted octanol–water partition coefficient (Wildman–Crippen LogP) is 3.71. The van der Waals surface area contributed by atoms with Gasteiger partial charge in [0.1, 0.15) is 17.9 Å². The van der Waals surface area contributed by atoms with E-state index in [1.807, 2.05) is 0 Å². The van der Waals surface area contributed by atoms with Crippen molar-refractivity contribution in [2.75, 3.05) is 6.61 Å². The lowest BCUT2D eigenvalue weighted by Crippen LogP contribution is -2.52. The average Bonchev–Trinajstić information content (AvgIpc) is 2.81. The molecular formula is C19H27ClFN3O5. The molecule has 0 saturated carbocycles. The van der Waals surface area contributed by atoms with Crippen LogP contribution < -0.4 is 10.5 Å². The molecule has 162 valence electrons. The van der Waals surface area contributed by atoms with Gasteiger partial charge < -0.3 is 25.2 Å². The molecule has 0 aliphatic carbocycles. The van der Waals surface area contributed by atoms with Crippen LogP contribution in [-0.2, 0) is 9.47 Å². The Hall–Kier alpha value is -2.26. The number of carbonyl (C=O) groups excluding carboxylic acids is 1. The van der Waals surface area contributed by atoms with E-state index >= 15 is 0 Å². The van der Waals surface area contributed by atoms with Gasteiger partial charge in [-0.05, 0) is 47.6 Å². The first kappa shape index (κ1) is 23.0. The van der Waals surface area contributed by atoms with Crippen LogP contribution in [0.1, 0.15) is 47.1 Å². The number of nitrogens with two attached hydrogens (primary N) is 1. The van der Waals surface area contributed by atoms with Crippen molar-refractivity contribution in [1.82, 2.24) is 4.90 Å². The number of benzene rings is 1. The summed E-state index contributed by atoms with van der Waals surface area (Å²) in [6, 6.07) is 1.71. The first-order valence-electron chi connectivity index (χ1n) is 9.06. The van der Waals surface area contributed by atoms with Crippen molar-refractivity contribution in [1.29, 1.82) is 0 Å². The van der Waals surface area contributed by atoms with Crippen molar-refractivity contribution in [3.05, 3.63) is 28.5 Å². The van der Waals surface area contributed by atoms with Gasteiger partial charge in [0.05, 0.1) is 17.2 Å². The van der Waals surface area contributed by atoms with Crippen molar-refractivity contribution in [3.63, 3.8) is 0 Å². The predicted molar refractivity (Wildman–Crippen MR) is 106 cm³/mol. The highest BCUT2D eigenvalue weighted by Crippen LogP contribution is 2.34. The number of amidine groups is 1. The fourth-order valence-electron chi connectivity index (χ4n) is 3.14. The molecule has 1 aromatic carbocycles. The lowest BCUT2D eigenvalue weighted by atomic mass is 10.1. The summed E-state index contributed by atoms with van der Waals surface area (Å²) in [6.45, 7) is 10.5. The highest BCUT2D eigenvalue weighted by atomic mass is 35.5. The molecule has 0 unspecified atom stereocenters. The van der Waals surface area contributed by atoms with Crippen LogP contribution in [-0.4, -0.2) is 52.1 Å². The zero-order valence-electron chi connectivity index (χ0n) is 17.3. The summed E-state index contributed by atoms with van der Waals surface area (Å²) < 4.78 is 31.4. The van der Waals surface area contributed by atoms with E-state index in [1.165, 1.54) is 11.0 Å². The van der Waals surface area contributed by atoms with E-state index in [1.54, 1.807) is 41.5 Å². The molecule has 0 spiro atoms. The van der Waals surface area contributed by atoms with Gasteiger partial charge in [0, 0.05) is 11.6 Å². The van der Waals surface area contributed by atoms with Gasteiger partial charge in [0.15, 0.2) is 17.4 Å². The first-order valence-corrected chi connectivity index (χ1v) is 9.44. The number of nitrogens with zero attached hydrogens (tertiary/aromatic N) is 2. The van der Waals surface area contributed by atoms with E-state index in [2.05, 4.69) is 5.16 Å². The molecule has 2 rings (SSSR count). The summed E-state index contributed by atoms with van der Waals surface area (Å²) in [5, 5.41) is 11.6. The van der Waals surface area contributed by atoms with Crippen LogP contribution in [0.4, 0.5) is 9.18 Å². The van der Waals surface area contributed by atoms with E-state index in [-0.39, 0.29) is 34.9 Å². The normalized spacial score (nSPS) is 21.9. The number of ether oxygens (including phenoxy) is 3. The summed E-state index contributed by atoms with van der Waals surface area (Å²) in [5.74, 6) is -1.20. The van der Waals surface area contributed by atoms with Crippen LogP contribution in [0.25, 0.3) is 0 Å².